The van der Waals surface area contributed by atoms with Gasteiger partial charge in [0, 0.05) is 23.8 Å². The van der Waals surface area contributed by atoms with Gasteiger partial charge in [-0.25, -0.2) is 4.79 Å². The number of carbonyl (C=O) groups is 1. The zero-order chi connectivity index (χ0) is 14.5. The lowest BCUT2D eigenvalue weighted by atomic mass is 10.2. The summed E-state index contributed by atoms with van der Waals surface area (Å²) in [6.45, 7) is 0.486. The van der Waals surface area contributed by atoms with Crippen molar-refractivity contribution in [3.63, 3.8) is 0 Å². The molecule has 3 heterocycles. The fourth-order valence-corrected chi connectivity index (χ4v) is 3.40. The minimum atomic E-state index is -0.203. The Morgan fingerprint density at radius 3 is 2.76 bits per heavy atom. The molecule has 0 aromatic carbocycles. The molecule has 0 aliphatic rings. The molecule has 0 bridgehead atoms. The van der Waals surface area contributed by atoms with E-state index < -0.39 is 0 Å². The number of hydrogen-bond acceptors (Lipinski definition) is 4. The van der Waals surface area contributed by atoms with Crippen molar-refractivity contribution in [3.05, 3.63) is 58.4 Å². The number of nitrogens with zero attached hydrogens (tertiary/aromatic N) is 2. The van der Waals surface area contributed by atoms with Crippen LogP contribution >= 0.6 is 22.7 Å². The van der Waals surface area contributed by atoms with Crippen LogP contribution in [-0.2, 0) is 0 Å². The Morgan fingerprint density at radius 2 is 2.10 bits per heavy atom. The first kappa shape index (κ1) is 13.8. The molecule has 3 aromatic heterocycles. The van der Waals surface area contributed by atoms with Gasteiger partial charge in [0.1, 0.15) is 6.04 Å². The second-order valence-electron chi connectivity index (χ2n) is 4.33. The van der Waals surface area contributed by atoms with Gasteiger partial charge in [-0.2, -0.15) is 5.10 Å². The molecule has 7 heteroatoms. The molecule has 1 atom stereocenters. The van der Waals surface area contributed by atoms with E-state index in [4.69, 9.17) is 0 Å². The van der Waals surface area contributed by atoms with Crippen molar-refractivity contribution >= 4 is 33.7 Å². The first-order chi connectivity index (χ1) is 10.3. The molecule has 0 aliphatic heterocycles. The largest absolute Gasteiger partial charge is 0.335 e. The Bertz CT molecular complexity index is 628. The second-order valence-corrected chi connectivity index (χ2v) is 6.26. The van der Waals surface area contributed by atoms with E-state index in [1.807, 2.05) is 45.9 Å². The standard InChI is InChI=1S/C14H14N4OS2/c19-14(17-13-5-2-9-21-13)15-10-11(12-4-1-8-20-12)18-7-3-6-16-18/h1-9,11H,10H2,(H2,15,17,19)/t11-/m1/s1. The summed E-state index contributed by atoms with van der Waals surface area (Å²) in [5.41, 5.74) is 0. The van der Waals surface area contributed by atoms with Crippen LogP contribution in [0.5, 0.6) is 0 Å². The number of rotatable bonds is 5. The number of aromatic nitrogens is 2. The van der Waals surface area contributed by atoms with Crippen LogP contribution in [0.3, 0.4) is 0 Å². The summed E-state index contributed by atoms with van der Waals surface area (Å²) in [4.78, 5) is 13.1. The minimum Gasteiger partial charge on any atom is -0.335 e. The minimum absolute atomic E-state index is 0.00841. The molecule has 2 amide bonds. The van der Waals surface area contributed by atoms with Gasteiger partial charge in [0.05, 0.1) is 5.00 Å². The maximum absolute atomic E-state index is 11.9. The number of nitrogens with one attached hydrogen (secondary N) is 2. The lowest BCUT2D eigenvalue weighted by Crippen LogP contribution is -2.34. The number of thiophene rings is 2. The van der Waals surface area contributed by atoms with Crippen LogP contribution in [0.25, 0.3) is 0 Å². The van der Waals surface area contributed by atoms with Crippen molar-refractivity contribution in [1.29, 1.82) is 0 Å². The highest BCUT2D eigenvalue weighted by Gasteiger charge is 2.16. The average Bonchev–Trinajstić information content (AvgIpc) is 3.23. The molecule has 3 aromatic rings. The van der Waals surface area contributed by atoms with Gasteiger partial charge in [0.15, 0.2) is 0 Å². The fourth-order valence-electron chi connectivity index (χ4n) is 1.97. The number of hydrogen-bond donors (Lipinski definition) is 2. The van der Waals surface area contributed by atoms with E-state index in [1.54, 1.807) is 17.5 Å². The number of anilines is 1. The third-order valence-corrected chi connectivity index (χ3v) is 4.69. The summed E-state index contributed by atoms with van der Waals surface area (Å²) >= 11 is 3.15. The smallest absolute Gasteiger partial charge is 0.319 e. The second kappa shape index (κ2) is 6.55. The van der Waals surface area contributed by atoms with Gasteiger partial charge < -0.3 is 5.32 Å². The zero-order valence-corrected chi connectivity index (χ0v) is 12.7. The van der Waals surface area contributed by atoms with E-state index >= 15 is 0 Å². The van der Waals surface area contributed by atoms with Crippen molar-refractivity contribution in [2.75, 3.05) is 11.9 Å². The van der Waals surface area contributed by atoms with Crippen molar-refractivity contribution < 1.29 is 4.79 Å². The van der Waals surface area contributed by atoms with Crippen LogP contribution in [0.15, 0.2) is 53.5 Å². The molecular formula is C14H14N4OS2. The van der Waals surface area contributed by atoms with Crippen LogP contribution in [0, 0.1) is 0 Å². The lowest BCUT2D eigenvalue weighted by Gasteiger charge is -2.17. The maximum atomic E-state index is 11.9. The van der Waals surface area contributed by atoms with Crippen LogP contribution < -0.4 is 10.6 Å². The third kappa shape index (κ3) is 3.50. The molecule has 3 rings (SSSR count). The lowest BCUT2D eigenvalue weighted by molar-refractivity contribution is 0.251. The fraction of sp³-hybridized carbons (Fsp3) is 0.143. The Morgan fingerprint density at radius 1 is 1.24 bits per heavy atom. The van der Waals surface area contributed by atoms with E-state index in [0.717, 1.165) is 9.88 Å². The first-order valence-corrected chi connectivity index (χ1v) is 8.20. The molecular weight excluding hydrogens is 304 g/mol. The van der Waals surface area contributed by atoms with E-state index in [1.165, 1.54) is 11.3 Å². The van der Waals surface area contributed by atoms with Gasteiger partial charge >= 0.3 is 6.03 Å². The summed E-state index contributed by atoms with van der Waals surface area (Å²) in [6, 6.07) is 9.51. The molecule has 0 fully saturated rings. The van der Waals surface area contributed by atoms with Gasteiger partial charge in [0.25, 0.3) is 0 Å². The van der Waals surface area contributed by atoms with Crippen molar-refractivity contribution in [1.82, 2.24) is 15.1 Å². The monoisotopic (exact) mass is 318 g/mol. The Balaban J connectivity index is 1.64. The first-order valence-electron chi connectivity index (χ1n) is 6.44. The van der Waals surface area contributed by atoms with Gasteiger partial charge in [-0.15, -0.1) is 22.7 Å². The van der Waals surface area contributed by atoms with E-state index in [9.17, 15) is 4.79 Å². The van der Waals surface area contributed by atoms with E-state index in [-0.39, 0.29) is 12.1 Å². The van der Waals surface area contributed by atoms with Crippen molar-refractivity contribution in [3.8, 4) is 0 Å². The van der Waals surface area contributed by atoms with Crippen molar-refractivity contribution in [2.24, 2.45) is 0 Å². The predicted molar refractivity (Wildman–Crippen MR) is 86.0 cm³/mol. The highest BCUT2D eigenvalue weighted by atomic mass is 32.1. The normalized spacial score (nSPS) is 12.0. The molecule has 0 radical (unpaired) electrons. The molecule has 0 aliphatic carbocycles. The van der Waals surface area contributed by atoms with Gasteiger partial charge in [0.2, 0.25) is 0 Å². The summed E-state index contributed by atoms with van der Waals surface area (Å²) < 4.78 is 1.86. The average molecular weight is 318 g/mol. The molecule has 0 saturated carbocycles. The van der Waals surface area contributed by atoms with Crippen molar-refractivity contribution in [2.45, 2.75) is 6.04 Å². The number of urea groups is 1. The molecule has 0 saturated heterocycles. The predicted octanol–water partition coefficient (Wildman–Crippen LogP) is 3.42. The highest BCUT2D eigenvalue weighted by Crippen LogP contribution is 2.22. The molecule has 0 spiro atoms. The van der Waals surface area contributed by atoms with Gasteiger partial charge in [-0.3, -0.25) is 10.00 Å². The Labute approximate surface area is 130 Å². The maximum Gasteiger partial charge on any atom is 0.319 e. The van der Waals surface area contributed by atoms with Crippen LogP contribution in [-0.4, -0.2) is 22.4 Å². The molecule has 0 unspecified atom stereocenters. The highest BCUT2D eigenvalue weighted by molar-refractivity contribution is 7.14. The quantitative estimate of drug-likeness (QED) is 0.757. The summed E-state index contributed by atoms with van der Waals surface area (Å²) in [6.07, 6.45) is 3.65. The van der Waals surface area contributed by atoms with Gasteiger partial charge in [-0.1, -0.05) is 6.07 Å². The topological polar surface area (TPSA) is 59.0 Å². The third-order valence-electron chi connectivity index (χ3n) is 2.93. The Hall–Kier alpha value is -2.12. The molecule has 5 nitrogen and oxygen atoms in total. The van der Waals surface area contributed by atoms with Crippen LogP contribution in [0.2, 0.25) is 0 Å². The summed E-state index contributed by atoms with van der Waals surface area (Å²) in [7, 11) is 0. The van der Waals surface area contributed by atoms with Gasteiger partial charge in [-0.05, 0) is 35.0 Å². The molecule has 108 valence electrons. The van der Waals surface area contributed by atoms with E-state index in [0.29, 0.717) is 6.54 Å². The molecule has 2 N–H and O–H groups in total. The van der Waals surface area contributed by atoms with E-state index in [2.05, 4.69) is 21.8 Å². The Kier molecular flexibility index (Phi) is 4.32. The summed E-state index contributed by atoms with van der Waals surface area (Å²) in [5, 5.41) is 14.8. The van der Waals surface area contributed by atoms with Crippen LogP contribution in [0.1, 0.15) is 10.9 Å². The summed E-state index contributed by atoms with van der Waals surface area (Å²) in [5.74, 6) is 0. The van der Waals surface area contributed by atoms with Crippen LogP contribution in [0.4, 0.5) is 9.80 Å². The zero-order valence-electron chi connectivity index (χ0n) is 11.1. The SMILES string of the molecule is O=C(NC[C@H](c1cccs1)n1cccn1)Nc1cccs1. The molecule has 21 heavy (non-hydrogen) atoms. The number of carbonyl (C=O) groups excluding carboxylic acids is 1. The number of amides is 2.